The maximum absolute atomic E-state index is 12.7. The van der Waals surface area contributed by atoms with E-state index in [1.807, 2.05) is 24.3 Å². The maximum Gasteiger partial charge on any atom is 0.228 e. The van der Waals surface area contributed by atoms with Crippen LogP contribution in [0.2, 0.25) is 0 Å². The summed E-state index contributed by atoms with van der Waals surface area (Å²) in [6, 6.07) is 8.01. The van der Waals surface area contributed by atoms with Gasteiger partial charge < -0.3 is 10.1 Å². The van der Waals surface area contributed by atoms with Crippen LogP contribution in [0.1, 0.15) is 45.1 Å². The lowest BCUT2D eigenvalue weighted by atomic mass is 9.84. The molecule has 0 saturated heterocycles. The molecule has 0 aromatic heterocycles. The van der Waals surface area contributed by atoms with E-state index in [0.29, 0.717) is 6.61 Å². The first-order valence-electron chi connectivity index (χ1n) is 7.51. The molecule has 0 fully saturated rings. The molecule has 0 saturated carbocycles. The molecule has 2 atom stereocenters. The van der Waals surface area contributed by atoms with Crippen molar-refractivity contribution in [3.8, 4) is 5.75 Å². The fraction of sp³-hybridized carbons (Fsp3) is 0.588. The third-order valence-electron chi connectivity index (χ3n) is 4.03. The van der Waals surface area contributed by atoms with Crippen molar-refractivity contribution in [3.05, 3.63) is 29.8 Å². The molecule has 2 unspecified atom stereocenters. The summed E-state index contributed by atoms with van der Waals surface area (Å²) < 4.78 is 5.64. The summed E-state index contributed by atoms with van der Waals surface area (Å²) in [6.45, 7) is 7.10. The molecule has 0 radical (unpaired) electrons. The second kappa shape index (κ2) is 6.82. The average Bonchev–Trinajstić information content (AvgIpc) is 2.45. The molecule has 0 aliphatic carbocycles. The molecule has 116 valence electrons. The predicted molar refractivity (Wildman–Crippen MR) is 89.1 cm³/mol. The van der Waals surface area contributed by atoms with E-state index in [0.717, 1.165) is 29.5 Å². The molecule has 2 rings (SSSR count). The first kappa shape index (κ1) is 16.3. The summed E-state index contributed by atoms with van der Waals surface area (Å²) in [5.74, 6) is 0.860. The second-order valence-corrected chi connectivity index (χ2v) is 7.43. The molecule has 4 heteroatoms. The van der Waals surface area contributed by atoms with Crippen molar-refractivity contribution >= 4 is 21.8 Å². The second-order valence-electron chi connectivity index (χ2n) is 6.63. The number of para-hydroxylation sites is 1. The van der Waals surface area contributed by atoms with Gasteiger partial charge >= 0.3 is 0 Å². The lowest BCUT2D eigenvalue weighted by Crippen LogP contribution is -2.46. The van der Waals surface area contributed by atoms with Crippen LogP contribution in [0.5, 0.6) is 5.75 Å². The predicted octanol–water partition coefficient (Wildman–Crippen LogP) is 3.87. The van der Waals surface area contributed by atoms with Crippen LogP contribution in [0.4, 0.5) is 0 Å². The number of halogens is 1. The van der Waals surface area contributed by atoms with Crippen molar-refractivity contribution in [2.24, 2.45) is 5.41 Å². The average molecular weight is 354 g/mol. The molecule has 0 bridgehead atoms. The van der Waals surface area contributed by atoms with Gasteiger partial charge in [-0.05, 0) is 24.3 Å². The van der Waals surface area contributed by atoms with Gasteiger partial charge in [0.25, 0.3) is 0 Å². The number of amides is 1. The Labute approximate surface area is 135 Å². The summed E-state index contributed by atoms with van der Waals surface area (Å²) >= 11 is 3.48. The van der Waals surface area contributed by atoms with Gasteiger partial charge in [0.1, 0.15) is 5.75 Å². The molecule has 1 aliphatic rings. The summed E-state index contributed by atoms with van der Waals surface area (Å²) in [7, 11) is 0. The summed E-state index contributed by atoms with van der Waals surface area (Å²) in [5.41, 5.74) is 1.06. The van der Waals surface area contributed by atoms with E-state index in [1.165, 1.54) is 0 Å². The fourth-order valence-corrected chi connectivity index (χ4v) is 3.18. The first-order chi connectivity index (χ1) is 9.93. The van der Waals surface area contributed by atoms with Gasteiger partial charge in [-0.3, -0.25) is 4.79 Å². The van der Waals surface area contributed by atoms with Crippen molar-refractivity contribution in [2.75, 3.05) is 11.9 Å². The van der Waals surface area contributed by atoms with Gasteiger partial charge in [0.15, 0.2) is 0 Å². The number of carbonyl (C=O) groups is 1. The van der Waals surface area contributed by atoms with E-state index in [9.17, 15) is 4.79 Å². The number of benzene rings is 1. The molecule has 3 nitrogen and oxygen atoms in total. The zero-order valence-corrected chi connectivity index (χ0v) is 14.6. The zero-order chi connectivity index (χ0) is 15.5. The molecule has 0 spiro atoms. The third kappa shape index (κ3) is 4.00. The van der Waals surface area contributed by atoms with Crippen molar-refractivity contribution in [1.82, 2.24) is 5.32 Å². The lowest BCUT2D eigenvalue weighted by Gasteiger charge is -2.33. The molecule has 21 heavy (non-hydrogen) atoms. The molecular formula is C17H24BrNO2. The number of hydrogen-bond acceptors (Lipinski definition) is 2. The minimum atomic E-state index is -0.102. The highest BCUT2D eigenvalue weighted by Gasteiger charge is 2.31. The van der Waals surface area contributed by atoms with Gasteiger partial charge in [-0.2, -0.15) is 0 Å². The van der Waals surface area contributed by atoms with E-state index in [1.54, 1.807) is 0 Å². The van der Waals surface area contributed by atoms with Gasteiger partial charge in [0.2, 0.25) is 5.91 Å². The molecule has 1 aliphatic heterocycles. The summed E-state index contributed by atoms with van der Waals surface area (Å²) in [4.78, 5) is 12.7. The van der Waals surface area contributed by atoms with Crippen LogP contribution in [-0.4, -0.2) is 23.9 Å². The highest BCUT2D eigenvalue weighted by molar-refractivity contribution is 9.09. The van der Waals surface area contributed by atoms with E-state index in [2.05, 4.69) is 42.0 Å². The number of fused-ring (bicyclic) bond motifs is 1. The Morgan fingerprint density at radius 2 is 2.14 bits per heavy atom. The van der Waals surface area contributed by atoms with Gasteiger partial charge in [0, 0.05) is 16.9 Å². The number of hydrogen-bond donors (Lipinski definition) is 1. The normalized spacial score (nSPS) is 19.3. The van der Waals surface area contributed by atoms with Crippen LogP contribution in [0.3, 0.4) is 0 Å². The quantitative estimate of drug-likeness (QED) is 0.834. The molecule has 1 aromatic carbocycles. The minimum absolute atomic E-state index is 0.0497. The Bertz CT molecular complexity index is 496. The Kier molecular flexibility index (Phi) is 5.31. The van der Waals surface area contributed by atoms with Crippen LogP contribution in [0.25, 0.3) is 0 Å². The molecule has 1 amide bonds. The SMILES string of the molecule is CC(C)(C)C(CCBr)NC(=O)C1CCOc2ccccc21. The summed E-state index contributed by atoms with van der Waals surface area (Å²) in [6.07, 6.45) is 1.67. The lowest BCUT2D eigenvalue weighted by molar-refractivity contribution is -0.124. The zero-order valence-electron chi connectivity index (χ0n) is 13.0. The van der Waals surface area contributed by atoms with Gasteiger partial charge in [-0.1, -0.05) is 54.9 Å². The van der Waals surface area contributed by atoms with E-state index in [-0.39, 0.29) is 23.3 Å². The highest BCUT2D eigenvalue weighted by Crippen LogP contribution is 2.34. The molecular weight excluding hydrogens is 330 g/mol. The Balaban J connectivity index is 2.14. The number of rotatable bonds is 4. The number of ether oxygens (including phenoxy) is 1. The number of carbonyl (C=O) groups excluding carboxylic acids is 1. The molecule has 1 aromatic rings. The van der Waals surface area contributed by atoms with Crippen LogP contribution in [0.15, 0.2) is 24.3 Å². The van der Waals surface area contributed by atoms with Crippen LogP contribution in [-0.2, 0) is 4.79 Å². The van der Waals surface area contributed by atoms with E-state index >= 15 is 0 Å². The van der Waals surface area contributed by atoms with Crippen molar-refractivity contribution in [2.45, 2.75) is 45.6 Å². The molecule has 1 N–H and O–H groups in total. The maximum atomic E-state index is 12.7. The Hall–Kier alpha value is -1.03. The monoisotopic (exact) mass is 353 g/mol. The highest BCUT2D eigenvalue weighted by atomic mass is 79.9. The molecule has 1 heterocycles. The fourth-order valence-electron chi connectivity index (χ4n) is 2.72. The van der Waals surface area contributed by atoms with Crippen LogP contribution in [0, 0.1) is 5.41 Å². The number of alkyl halides is 1. The van der Waals surface area contributed by atoms with Crippen molar-refractivity contribution in [3.63, 3.8) is 0 Å². The standard InChI is InChI=1S/C17H24BrNO2/c1-17(2,3)15(8-10-18)19-16(20)13-9-11-21-14-7-5-4-6-12(13)14/h4-7,13,15H,8-11H2,1-3H3,(H,19,20). The van der Waals surface area contributed by atoms with Crippen molar-refractivity contribution < 1.29 is 9.53 Å². The van der Waals surface area contributed by atoms with E-state index < -0.39 is 0 Å². The first-order valence-corrected chi connectivity index (χ1v) is 8.63. The van der Waals surface area contributed by atoms with Crippen LogP contribution >= 0.6 is 15.9 Å². The number of nitrogens with one attached hydrogen (secondary N) is 1. The van der Waals surface area contributed by atoms with E-state index in [4.69, 9.17) is 4.74 Å². The Morgan fingerprint density at radius 1 is 1.43 bits per heavy atom. The largest absolute Gasteiger partial charge is 0.493 e. The topological polar surface area (TPSA) is 38.3 Å². The smallest absolute Gasteiger partial charge is 0.228 e. The minimum Gasteiger partial charge on any atom is -0.493 e. The van der Waals surface area contributed by atoms with Gasteiger partial charge in [-0.25, -0.2) is 0 Å². The van der Waals surface area contributed by atoms with Crippen molar-refractivity contribution in [1.29, 1.82) is 0 Å². The third-order valence-corrected chi connectivity index (χ3v) is 4.49. The van der Waals surface area contributed by atoms with Gasteiger partial charge in [-0.15, -0.1) is 0 Å². The Morgan fingerprint density at radius 3 is 2.81 bits per heavy atom. The van der Waals surface area contributed by atoms with Crippen LogP contribution < -0.4 is 10.1 Å². The van der Waals surface area contributed by atoms with Gasteiger partial charge in [0.05, 0.1) is 12.5 Å². The summed E-state index contributed by atoms with van der Waals surface area (Å²) in [5, 5.41) is 4.13.